The van der Waals surface area contributed by atoms with Crippen molar-refractivity contribution in [1.82, 2.24) is 4.72 Å². The molecule has 0 spiro atoms. The minimum absolute atomic E-state index is 0.194. The van der Waals surface area contributed by atoms with E-state index in [-0.39, 0.29) is 11.7 Å². The second-order valence-corrected chi connectivity index (χ2v) is 8.48. The van der Waals surface area contributed by atoms with Crippen LogP contribution in [0.2, 0.25) is 0 Å². The molecule has 1 aliphatic heterocycles. The summed E-state index contributed by atoms with van der Waals surface area (Å²) in [6, 6.07) is 3.87. The number of nitrogens with zero attached hydrogens (tertiary/aromatic N) is 1. The monoisotopic (exact) mass is 344 g/mol. The average Bonchev–Trinajstić information content (AvgIpc) is 2.93. The lowest BCUT2D eigenvalue weighted by Gasteiger charge is -2.25. The van der Waals surface area contributed by atoms with E-state index in [0.717, 1.165) is 38.3 Å². The van der Waals surface area contributed by atoms with E-state index < -0.39 is 21.7 Å². The molecule has 3 rings (SSSR count). The molecule has 1 aromatic rings. The zero-order chi connectivity index (χ0) is 16.4. The lowest BCUT2D eigenvalue weighted by Crippen LogP contribution is -2.36. The SMILES string of the molecule is O=S(=O)(CC1CCC1)NC[C@H]1CCN(c2ccc(F)c(F)c2)C1. The van der Waals surface area contributed by atoms with Gasteiger partial charge in [0.2, 0.25) is 10.0 Å². The number of nitrogens with one attached hydrogen (secondary N) is 1. The molecule has 23 heavy (non-hydrogen) atoms. The maximum absolute atomic E-state index is 13.3. The van der Waals surface area contributed by atoms with Gasteiger partial charge in [-0.25, -0.2) is 21.9 Å². The molecule has 0 unspecified atom stereocenters. The number of anilines is 1. The van der Waals surface area contributed by atoms with Gasteiger partial charge in [-0.1, -0.05) is 6.42 Å². The summed E-state index contributed by atoms with van der Waals surface area (Å²) >= 11 is 0. The largest absolute Gasteiger partial charge is 0.371 e. The Balaban J connectivity index is 1.50. The van der Waals surface area contributed by atoms with Crippen LogP contribution in [0.4, 0.5) is 14.5 Å². The Morgan fingerprint density at radius 3 is 2.57 bits per heavy atom. The number of hydrogen-bond acceptors (Lipinski definition) is 3. The lowest BCUT2D eigenvalue weighted by atomic mass is 9.87. The maximum atomic E-state index is 13.3. The second kappa shape index (κ2) is 6.73. The van der Waals surface area contributed by atoms with Crippen molar-refractivity contribution >= 4 is 15.7 Å². The molecule has 7 heteroatoms. The van der Waals surface area contributed by atoms with Gasteiger partial charge in [-0.15, -0.1) is 0 Å². The minimum Gasteiger partial charge on any atom is -0.371 e. The first-order valence-electron chi connectivity index (χ1n) is 8.10. The Hall–Kier alpha value is -1.21. The highest BCUT2D eigenvalue weighted by Crippen LogP contribution is 2.28. The number of benzene rings is 1. The predicted octanol–water partition coefficient (Wildman–Crippen LogP) is 2.51. The summed E-state index contributed by atoms with van der Waals surface area (Å²) in [6.45, 7) is 1.78. The third kappa shape index (κ3) is 4.20. The molecular weight excluding hydrogens is 322 g/mol. The van der Waals surface area contributed by atoms with Crippen LogP contribution in [0, 0.1) is 23.5 Å². The highest BCUT2D eigenvalue weighted by molar-refractivity contribution is 7.89. The van der Waals surface area contributed by atoms with Gasteiger partial charge in [0.15, 0.2) is 11.6 Å². The van der Waals surface area contributed by atoms with Gasteiger partial charge in [-0.3, -0.25) is 0 Å². The van der Waals surface area contributed by atoms with Crippen LogP contribution in [-0.4, -0.2) is 33.8 Å². The van der Waals surface area contributed by atoms with E-state index in [1.165, 1.54) is 6.07 Å². The number of halogens is 2. The fourth-order valence-electron chi connectivity index (χ4n) is 3.19. The van der Waals surface area contributed by atoms with Crippen molar-refractivity contribution in [3.8, 4) is 0 Å². The molecule has 1 saturated carbocycles. The maximum Gasteiger partial charge on any atom is 0.211 e. The molecule has 0 radical (unpaired) electrons. The first-order valence-corrected chi connectivity index (χ1v) is 9.75. The molecule has 1 heterocycles. The molecule has 4 nitrogen and oxygen atoms in total. The molecule has 2 aliphatic rings. The summed E-state index contributed by atoms with van der Waals surface area (Å²) in [4.78, 5) is 1.97. The Labute approximate surface area is 135 Å². The fourth-order valence-corrected chi connectivity index (χ4v) is 4.75. The van der Waals surface area contributed by atoms with E-state index in [1.807, 2.05) is 4.90 Å². The topological polar surface area (TPSA) is 49.4 Å². The molecule has 0 aromatic heterocycles. The summed E-state index contributed by atoms with van der Waals surface area (Å²) in [5, 5.41) is 0. The van der Waals surface area contributed by atoms with Crippen LogP contribution < -0.4 is 9.62 Å². The van der Waals surface area contributed by atoms with E-state index in [9.17, 15) is 17.2 Å². The predicted molar refractivity (Wildman–Crippen MR) is 85.8 cm³/mol. The molecule has 1 saturated heterocycles. The zero-order valence-corrected chi connectivity index (χ0v) is 13.8. The third-order valence-corrected chi connectivity index (χ3v) is 6.34. The normalized spacial score (nSPS) is 22.3. The average molecular weight is 344 g/mol. The van der Waals surface area contributed by atoms with Gasteiger partial charge in [0.25, 0.3) is 0 Å². The molecule has 2 fully saturated rings. The standard InChI is InChI=1S/C16H22F2N2O2S/c17-15-5-4-14(8-16(15)18)20-7-6-13(10-20)9-19-23(21,22)11-12-2-1-3-12/h4-5,8,12-13,19H,1-3,6-7,9-11H2/t13-/m1/s1. The Morgan fingerprint density at radius 2 is 1.91 bits per heavy atom. The van der Waals surface area contributed by atoms with Crippen LogP contribution >= 0.6 is 0 Å². The van der Waals surface area contributed by atoms with E-state index in [1.54, 1.807) is 6.07 Å². The van der Waals surface area contributed by atoms with Crippen LogP contribution in [0.1, 0.15) is 25.7 Å². The van der Waals surface area contributed by atoms with Crippen LogP contribution in [0.5, 0.6) is 0 Å². The van der Waals surface area contributed by atoms with Gasteiger partial charge in [-0.2, -0.15) is 0 Å². The van der Waals surface area contributed by atoms with E-state index in [2.05, 4.69) is 4.72 Å². The smallest absolute Gasteiger partial charge is 0.211 e. The molecule has 128 valence electrons. The van der Waals surface area contributed by atoms with Gasteiger partial charge >= 0.3 is 0 Å². The molecule has 0 bridgehead atoms. The van der Waals surface area contributed by atoms with E-state index in [0.29, 0.717) is 24.7 Å². The number of hydrogen-bond donors (Lipinski definition) is 1. The van der Waals surface area contributed by atoms with Crippen molar-refractivity contribution < 1.29 is 17.2 Å². The van der Waals surface area contributed by atoms with Gasteiger partial charge in [-0.05, 0) is 43.2 Å². The van der Waals surface area contributed by atoms with Gasteiger partial charge < -0.3 is 4.90 Å². The summed E-state index contributed by atoms with van der Waals surface area (Å²) in [7, 11) is -3.20. The van der Waals surface area contributed by atoms with Gasteiger partial charge in [0, 0.05) is 31.4 Å². The van der Waals surface area contributed by atoms with Crippen LogP contribution in [0.3, 0.4) is 0 Å². The van der Waals surface area contributed by atoms with Crippen LogP contribution in [0.15, 0.2) is 18.2 Å². The quantitative estimate of drug-likeness (QED) is 0.863. The Morgan fingerprint density at radius 1 is 1.13 bits per heavy atom. The number of rotatable bonds is 6. The number of sulfonamides is 1. The lowest BCUT2D eigenvalue weighted by molar-refractivity contribution is 0.346. The van der Waals surface area contributed by atoms with Gasteiger partial charge in [0.05, 0.1) is 5.75 Å². The van der Waals surface area contributed by atoms with Crippen molar-refractivity contribution in [2.75, 3.05) is 30.3 Å². The first-order chi connectivity index (χ1) is 10.9. The molecule has 1 atom stereocenters. The summed E-state index contributed by atoms with van der Waals surface area (Å²) in [5.41, 5.74) is 0.642. The molecule has 1 N–H and O–H groups in total. The Kier molecular flexibility index (Phi) is 4.87. The second-order valence-electron chi connectivity index (χ2n) is 6.63. The van der Waals surface area contributed by atoms with Crippen molar-refractivity contribution in [2.24, 2.45) is 11.8 Å². The fraction of sp³-hybridized carbons (Fsp3) is 0.625. The molecule has 1 aliphatic carbocycles. The highest BCUT2D eigenvalue weighted by atomic mass is 32.2. The van der Waals surface area contributed by atoms with Crippen molar-refractivity contribution in [3.05, 3.63) is 29.8 Å². The van der Waals surface area contributed by atoms with E-state index >= 15 is 0 Å². The summed E-state index contributed by atoms with van der Waals surface area (Å²) < 4.78 is 53.0. The van der Waals surface area contributed by atoms with Crippen molar-refractivity contribution in [3.63, 3.8) is 0 Å². The minimum atomic E-state index is -3.20. The summed E-state index contributed by atoms with van der Waals surface area (Å²) in [5.74, 6) is -0.971. The van der Waals surface area contributed by atoms with Crippen molar-refractivity contribution in [2.45, 2.75) is 25.7 Å². The Bertz CT molecular complexity index is 662. The van der Waals surface area contributed by atoms with Crippen LogP contribution in [-0.2, 0) is 10.0 Å². The summed E-state index contributed by atoms with van der Waals surface area (Å²) in [6.07, 6.45) is 3.99. The third-order valence-electron chi connectivity index (χ3n) is 4.83. The highest BCUT2D eigenvalue weighted by Gasteiger charge is 2.27. The zero-order valence-electron chi connectivity index (χ0n) is 13.0. The van der Waals surface area contributed by atoms with Crippen LogP contribution in [0.25, 0.3) is 0 Å². The molecular formula is C16H22F2N2O2S. The van der Waals surface area contributed by atoms with Gasteiger partial charge in [0.1, 0.15) is 0 Å². The van der Waals surface area contributed by atoms with Crippen molar-refractivity contribution in [1.29, 1.82) is 0 Å². The van der Waals surface area contributed by atoms with E-state index in [4.69, 9.17) is 0 Å². The first kappa shape index (κ1) is 16.6. The molecule has 1 aromatic carbocycles. The molecule has 0 amide bonds.